The van der Waals surface area contributed by atoms with E-state index in [-0.39, 0.29) is 14.9 Å². The van der Waals surface area contributed by atoms with Gasteiger partial charge in [0, 0.05) is 24.6 Å². The maximum absolute atomic E-state index is 4.13. The predicted octanol–water partition coefficient (Wildman–Crippen LogP) is 6.31. The van der Waals surface area contributed by atoms with Crippen molar-refractivity contribution in [2.45, 2.75) is 56.4 Å². The number of aromatic nitrogens is 3. The van der Waals surface area contributed by atoms with Crippen LogP contribution in [0.5, 0.6) is 0 Å². The molecule has 0 aliphatic rings. The maximum atomic E-state index is 4.13. The molecule has 0 aliphatic carbocycles. The molecular weight excluding hydrogens is 318 g/mol. The molecule has 0 fully saturated rings. The predicted molar refractivity (Wildman–Crippen MR) is 116 cm³/mol. The zero-order valence-corrected chi connectivity index (χ0v) is 16.0. The molecule has 2 heterocycles. The Kier molecular flexibility index (Phi) is 12.8. The molecule has 0 spiro atoms. The van der Waals surface area contributed by atoms with Gasteiger partial charge in [-0.1, -0.05) is 50.2 Å². The van der Waals surface area contributed by atoms with Crippen molar-refractivity contribution in [2.24, 2.45) is 7.05 Å². The van der Waals surface area contributed by atoms with E-state index in [1.165, 1.54) is 22.4 Å². The van der Waals surface area contributed by atoms with Crippen molar-refractivity contribution in [3.8, 4) is 0 Å². The van der Waals surface area contributed by atoms with Crippen molar-refractivity contribution in [1.29, 1.82) is 0 Å². The molecule has 3 aromatic rings. The molecular formula is C23H37N3. The molecule has 0 bridgehead atoms. The summed E-state index contributed by atoms with van der Waals surface area (Å²) in [5.74, 6) is 0. The van der Waals surface area contributed by atoms with E-state index in [0.717, 1.165) is 11.4 Å². The van der Waals surface area contributed by atoms with Gasteiger partial charge in [-0.3, -0.25) is 9.67 Å². The van der Waals surface area contributed by atoms with Gasteiger partial charge in [-0.15, -0.1) is 0 Å². The molecule has 0 atom stereocenters. The number of rotatable bonds is 0. The SMILES string of the molecule is C.C.Cc1cc(C)n(C)n1.Cc1cccc(C)c1.Cc1ccnc(C)c1. The third kappa shape index (κ3) is 10.4. The average molecular weight is 356 g/mol. The van der Waals surface area contributed by atoms with Gasteiger partial charge in [0.15, 0.2) is 0 Å². The summed E-state index contributed by atoms with van der Waals surface area (Å²) in [6.07, 6.45) is 1.82. The van der Waals surface area contributed by atoms with Crippen molar-refractivity contribution >= 4 is 0 Å². The molecule has 2 aromatic heterocycles. The number of nitrogens with zero attached hydrogens (tertiary/aromatic N) is 3. The van der Waals surface area contributed by atoms with Crippen LogP contribution in [0.4, 0.5) is 0 Å². The van der Waals surface area contributed by atoms with Crippen LogP contribution in [-0.2, 0) is 7.05 Å². The number of benzene rings is 1. The Morgan fingerprint density at radius 3 is 1.46 bits per heavy atom. The molecule has 0 radical (unpaired) electrons. The quantitative estimate of drug-likeness (QED) is 0.473. The lowest BCUT2D eigenvalue weighted by molar-refractivity contribution is 0.731. The first-order valence-corrected chi connectivity index (χ1v) is 8.17. The van der Waals surface area contributed by atoms with Gasteiger partial charge in [-0.05, 0) is 65.3 Å². The second-order valence-corrected chi connectivity index (χ2v) is 6.18. The normalized spacial score (nSPS) is 8.73. The van der Waals surface area contributed by atoms with E-state index in [0.29, 0.717) is 0 Å². The molecule has 0 N–H and O–H groups in total. The Bertz CT molecular complexity index is 660. The van der Waals surface area contributed by atoms with Gasteiger partial charge in [0.2, 0.25) is 0 Å². The Labute approximate surface area is 161 Å². The minimum atomic E-state index is 0. The van der Waals surface area contributed by atoms with E-state index < -0.39 is 0 Å². The highest BCUT2D eigenvalue weighted by Gasteiger charge is 1.91. The standard InChI is InChI=1S/C8H10.C7H9N.C6H10N2.2CH4/c1-7-4-3-5-8(2)6-7;1-6-3-4-8-7(2)5-6;1-5-4-6(2)8(3)7-5;;/h3-6H,1-2H3;3-5H,1-2H3;4H,1-3H3;2*1H4. The van der Waals surface area contributed by atoms with Gasteiger partial charge < -0.3 is 0 Å². The highest BCUT2D eigenvalue weighted by atomic mass is 15.3. The minimum absolute atomic E-state index is 0. The Morgan fingerprint density at radius 1 is 0.692 bits per heavy atom. The van der Waals surface area contributed by atoms with Crippen molar-refractivity contribution in [3.05, 3.63) is 82.4 Å². The van der Waals surface area contributed by atoms with Crippen LogP contribution >= 0.6 is 0 Å². The summed E-state index contributed by atoms with van der Waals surface area (Å²) in [4.78, 5) is 4.04. The monoisotopic (exact) mass is 355 g/mol. The van der Waals surface area contributed by atoms with Crippen LogP contribution in [0.25, 0.3) is 0 Å². The summed E-state index contributed by atoms with van der Waals surface area (Å²) < 4.78 is 1.87. The summed E-state index contributed by atoms with van der Waals surface area (Å²) in [5, 5.41) is 4.13. The third-order valence-electron chi connectivity index (χ3n) is 3.46. The van der Waals surface area contributed by atoms with Gasteiger partial charge in [-0.25, -0.2) is 0 Å². The smallest absolute Gasteiger partial charge is 0.0596 e. The van der Waals surface area contributed by atoms with Crippen molar-refractivity contribution in [2.75, 3.05) is 0 Å². The molecule has 3 heteroatoms. The summed E-state index contributed by atoms with van der Waals surface area (Å²) in [7, 11) is 1.95. The van der Waals surface area contributed by atoms with Gasteiger partial charge in [0.25, 0.3) is 0 Å². The summed E-state index contributed by atoms with van der Waals surface area (Å²) >= 11 is 0. The molecule has 1 aromatic carbocycles. The minimum Gasteiger partial charge on any atom is -0.273 e. The number of aryl methyl sites for hydroxylation is 7. The van der Waals surface area contributed by atoms with Crippen molar-refractivity contribution in [1.82, 2.24) is 14.8 Å². The van der Waals surface area contributed by atoms with E-state index in [9.17, 15) is 0 Å². The highest BCUT2D eigenvalue weighted by Crippen LogP contribution is 2.00. The van der Waals surface area contributed by atoms with Gasteiger partial charge in [0.05, 0.1) is 5.69 Å². The van der Waals surface area contributed by atoms with Crippen molar-refractivity contribution < 1.29 is 0 Å². The molecule has 3 nitrogen and oxygen atoms in total. The van der Waals surface area contributed by atoms with Gasteiger partial charge in [0.1, 0.15) is 0 Å². The number of hydrogen-bond donors (Lipinski definition) is 0. The van der Waals surface area contributed by atoms with E-state index in [1.807, 2.05) is 44.8 Å². The fraction of sp³-hybridized carbons (Fsp3) is 0.391. The first kappa shape index (κ1) is 25.8. The van der Waals surface area contributed by atoms with Gasteiger partial charge in [-0.2, -0.15) is 5.10 Å². The number of hydrogen-bond acceptors (Lipinski definition) is 2. The van der Waals surface area contributed by atoms with Crippen LogP contribution in [0.15, 0.2) is 48.7 Å². The lowest BCUT2D eigenvalue weighted by atomic mass is 10.2. The van der Waals surface area contributed by atoms with Gasteiger partial charge >= 0.3 is 0 Å². The fourth-order valence-corrected chi connectivity index (χ4v) is 2.23. The molecule has 0 aliphatic heterocycles. The summed E-state index contributed by atoms with van der Waals surface area (Å²) in [6.45, 7) is 12.3. The van der Waals surface area contributed by atoms with E-state index >= 15 is 0 Å². The molecule has 0 saturated heterocycles. The van der Waals surface area contributed by atoms with Crippen LogP contribution in [0.3, 0.4) is 0 Å². The van der Waals surface area contributed by atoms with Crippen LogP contribution < -0.4 is 0 Å². The molecule has 0 unspecified atom stereocenters. The van der Waals surface area contributed by atoms with Crippen LogP contribution in [0.1, 0.15) is 48.6 Å². The highest BCUT2D eigenvalue weighted by molar-refractivity contribution is 5.20. The van der Waals surface area contributed by atoms with Crippen LogP contribution in [-0.4, -0.2) is 14.8 Å². The first-order chi connectivity index (χ1) is 11.3. The Morgan fingerprint density at radius 2 is 1.23 bits per heavy atom. The van der Waals surface area contributed by atoms with E-state index in [2.05, 4.69) is 67.3 Å². The second-order valence-electron chi connectivity index (χ2n) is 6.18. The molecule has 26 heavy (non-hydrogen) atoms. The maximum Gasteiger partial charge on any atom is 0.0596 e. The average Bonchev–Trinajstić information content (AvgIpc) is 2.76. The van der Waals surface area contributed by atoms with Crippen molar-refractivity contribution in [3.63, 3.8) is 0 Å². The zero-order valence-electron chi connectivity index (χ0n) is 16.0. The molecule has 144 valence electrons. The third-order valence-corrected chi connectivity index (χ3v) is 3.46. The van der Waals surface area contributed by atoms with Crippen LogP contribution in [0, 0.1) is 41.5 Å². The first-order valence-electron chi connectivity index (χ1n) is 8.17. The molecule has 0 amide bonds. The molecule has 3 rings (SSSR count). The van der Waals surface area contributed by atoms with Crippen LogP contribution in [0.2, 0.25) is 0 Å². The molecule has 0 saturated carbocycles. The lowest BCUT2D eigenvalue weighted by Crippen LogP contribution is -1.91. The topological polar surface area (TPSA) is 30.7 Å². The summed E-state index contributed by atoms with van der Waals surface area (Å²) in [5.41, 5.74) is 7.34. The zero-order chi connectivity index (χ0) is 18.1. The second kappa shape index (κ2) is 12.9. The van der Waals surface area contributed by atoms with E-state index in [1.54, 1.807) is 0 Å². The Hall–Kier alpha value is -2.42. The lowest BCUT2D eigenvalue weighted by Gasteiger charge is -1.90. The van der Waals surface area contributed by atoms with E-state index in [4.69, 9.17) is 0 Å². The fourth-order valence-electron chi connectivity index (χ4n) is 2.23. The largest absolute Gasteiger partial charge is 0.273 e. The number of pyridine rings is 1. The Balaban J connectivity index is 0. The summed E-state index contributed by atoms with van der Waals surface area (Å²) in [6, 6.07) is 14.6.